The minimum Gasteiger partial charge on any atom is -0.480 e. The topological polar surface area (TPSA) is 66.8 Å². The number of benzene rings is 1. The summed E-state index contributed by atoms with van der Waals surface area (Å²) in [4.78, 5) is 24.6. The van der Waals surface area contributed by atoms with Gasteiger partial charge in [0.15, 0.2) is 6.04 Å². The van der Waals surface area contributed by atoms with Crippen molar-refractivity contribution < 1.29 is 23.8 Å². The number of aliphatic carboxylic acids is 1. The molecule has 19 heavy (non-hydrogen) atoms. The third kappa shape index (κ3) is 2.73. The van der Waals surface area contributed by atoms with E-state index >= 15 is 0 Å². The van der Waals surface area contributed by atoms with Gasteiger partial charge in [-0.05, 0) is 24.6 Å². The van der Waals surface area contributed by atoms with Crippen molar-refractivity contribution in [3.63, 3.8) is 0 Å². The Bertz CT molecular complexity index is 517. The molecule has 102 valence electrons. The molecule has 1 heterocycles. The Kier molecular flexibility index (Phi) is 3.80. The van der Waals surface area contributed by atoms with Gasteiger partial charge in [-0.1, -0.05) is 6.07 Å². The molecule has 2 rings (SSSR count). The third-order valence-corrected chi connectivity index (χ3v) is 3.10. The van der Waals surface area contributed by atoms with Gasteiger partial charge in [0.1, 0.15) is 5.82 Å². The van der Waals surface area contributed by atoms with Crippen molar-refractivity contribution in [2.24, 2.45) is 0 Å². The van der Waals surface area contributed by atoms with Gasteiger partial charge in [0.25, 0.3) is 5.91 Å². The summed E-state index contributed by atoms with van der Waals surface area (Å²) in [5, 5.41) is 9.08. The highest BCUT2D eigenvalue weighted by Gasteiger charge is 2.33. The van der Waals surface area contributed by atoms with E-state index in [1.807, 2.05) is 0 Å². The van der Waals surface area contributed by atoms with E-state index in [-0.39, 0.29) is 25.3 Å². The van der Waals surface area contributed by atoms with E-state index in [9.17, 15) is 14.0 Å². The van der Waals surface area contributed by atoms with Gasteiger partial charge in [-0.2, -0.15) is 0 Å². The molecular weight excluding hydrogens is 253 g/mol. The van der Waals surface area contributed by atoms with Crippen LogP contribution in [0.5, 0.6) is 0 Å². The number of carbonyl (C=O) groups excluding carboxylic acids is 1. The van der Waals surface area contributed by atoms with Crippen LogP contribution in [0.25, 0.3) is 0 Å². The number of hydrogen-bond acceptors (Lipinski definition) is 3. The highest BCUT2D eigenvalue weighted by molar-refractivity contribution is 5.98. The summed E-state index contributed by atoms with van der Waals surface area (Å²) in [7, 11) is 0. The maximum absolute atomic E-state index is 13.2. The fourth-order valence-electron chi connectivity index (χ4n) is 2.03. The second-order valence-corrected chi connectivity index (χ2v) is 4.39. The second kappa shape index (κ2) is 5.36. The quantitative estimate of drug-likeness (QED) is 0.870. The number of amides is 1. The number of ether oxygens (including phenoxy) is 1. The first-order valence-electron chi connectivity index (χ1n) is 5.88. The van der Waals surface area contributed by atoms with Gasteiger partial charge >= 0.3 is 5.97 Å². The van der Waals surface area contributed by atoms with E-state index < -0.39 is 23.7 Å². The summed E-state index contributed by atoms with van der Waals surface area (Å²) < 4.78 is 18.3. The Morgan fingerprint density at radius 1 is 1.47 bits per heavy atom. The molecule has 0 aliphatic carbocycles. The number of carboxylic acid groups (broad SMARTS) is 1. The van der Waals surface area contributed by atoms with E-state index in [0.29, 0.717) is 5.56 Å². The highest BCUT2D eigenvalue weighted by Crippen LogP contribution is 2.17. The first-order valence-corrected chi connectivity index (χ1v) is 5.88. The van der Waals surface area contributed by atoms with Crippen LogP contribution in [0, 0.1) is 12.7 Å². The molecule has 5 nitrogen and oxygen atoms in total. The van der Waals surface area contributed by atoms with Crippen LogP contribution < -0.4 is 0 Å². The molecule has 1 fully saturated rings. The number of hydrogen-bond donors (Lipinski definition) is 1. The van der Waals surface area contributed by atoms with Gasteiger partial charge in [-0.3, -0.25) is 4.79 Å². The molecule has 1 aliphatic heterocycles. The summed E-state index contributed by atoms with van der Waals surface area (Å²) in [5.74, 6) is -2.12. The summed E-state index contributed by atoms with van der Waals surface area (Å²) in [6.07, 6.45) is 0. The number of halogens is 1. The number of rotatable bonds is 2. The van der Waals surface area contributed by atoms with E-state index in [4.69, 9.17) is 9.84 Å². The van der Waals surface area contributed by atoms with Crippen molar-refractivity contribution in [2.75, 3.05) is 19.8 Å². The molecule has 1 aromatic carbocycles. The van der Waals surface area contributed by atoms with E-state index in [0.717, 1.165) is 6.07 Å². The van der Waals surface area contributed by atoms with Gasteiger partial charge in [0.2, 0.25) is 0 Å². The lowest BCUT2D eigenvalue weighted by Crippen LogP contribution is -2.52. The highest BCUT2D eigenvalue weighted by atomic mass is 19.1. The zero-order valence-electron chi connectivity index (χ0n) is 10.4. The number of aryl methyl sites for hydroxylation is 1. The maximum Gasteiger partial charge on any atom is 0.328 e. The van der Waals surface area contributed by atoms with Crippen LogP contribution in [0.3, 0.4) is 0 Å². The molecule has 1 unspecified atom stereocenters. The van der Waals surface area contributed by atoms with Crippen LogP contribution in [0.1, 0.15) is 15.9 Å². The Labute approximate surface area is 109 Å². The number of morpholine rings is 1. The number of nitrogens with zero attached hydrogens (tertiary/aromatic N) is 1. The van der Waals surface area contributed by atoms with Crippen LogP contribution in [0.2, 0.25) is 0 Å². The Morgan fingerprint density at radius 3 is 2.89 bits per heavy atom. The molecule has 0 saturated carbocycles. The average molecular weight is 267 g/mol. The zero-order chi connectivity index (χ0) is 14.0. The van der Waals surface area contributed by atoms with Crippen molar-refractivity contribution in [1.29, 1.82) is 0 Å². The fraction of sp³-hybridized carbons (Fsp3) is 0.385. The lowest BCUT2D eigenvalue weighted by atomic mass is 10.1. The largest absolute Gasteiger partial charge is 0.480 e. The van der Waals surface area contributed by atoms with Crippen LogP contribution >= 0.6 is 0 Å². The third-order valence-electron chi connectivity index (χ3n) is 3.10. The first-order chi connectivity index (χ1) is 9.00. The fourth-order valence-corrected chi connectivity index (χ4v) is 2.03. The molecule has 1 N–H and O–H groups in total. The molecule has 1 amide bonds. The van der Waals surface area contributed by atoms with Crippen LogP contribution in [0.4, 0.5) is 4.39 Å². The predicted molar refractivity (Wildman–Crippen MR) is 64.4 cm³/mol. The van der Waals surface area contributed by atoms with Gasteiger partial charge in [-0.25, -0.2) is 9.18 Å². The molecular formula is C13H14FNO4. The molecule has 0 bridgehead atoms. The van der Waals surface area contributed by atoms with Gasteiger partial charge in [-0.15, -0.1) is 0 Å². The Balaban J connectivity index is 2.31. The molecule has 0 aromatic heterocycles. The van der Waals surface area contributed by atoms with Crippen LogP contribution in [0.15, 0.2) is 18.2 Å². The van der Waals surface area contributed by atoms with Gasteiger partial charge in [0, 0.05) is 12.1 Å². The summed E-state index contributed by atoms with van der Waals surface area (Å²) in [6, 6.07) is 2.87. The Morgan fingerprint density at radius 2 is 2.21 bits per heavy atom. The lowest BCUT2D eigenvalue weighted by Gasteiger charge is -2.33. The standard InChI is InChI=1S/C13H14FNO4/c1-8-2-3-9(14)6-10(8)12(16)15-4-5-19-7-11(15)13(17)18/h2-3,6,11H,4-5,7H2,1H3,(H,17,18). The molecule has 6 heteroatoms. The predicted octanol–water partition coefficient (Wildman–Crippen LogP) is 1.06. The minimum atomic E-state index is -1.12. The summed E-state index contributed by atoms with van der Waals surface area (Å²) >= 11 is 0. The van der Waals surface area contributed by atoms with E-state index in [1.165, 1.54) is 17.0 Å². The zero-order valence-corrected chi connectivity index (χ0v) is 10.4. The lowest BCUT2D eigenvalue weighted by molar-refractivity contribution is -0.147. The molecule has 1 atom stereocenters. The van der Waals surface area contributed by atoms with E-state index in [1.54, 1.807) is 6.92 Å². The monoisotopic (exact) mass is 267 g/mol. The minimum absolute atomic E-state index is 0.0462. The van der Waals surface area contributed by atoms with Crippen molar-refractivity contribution in [3.05, 3.63) is 35.1 Å². The van der Waals surface area contributed by atoms with Crippen LogP contribution in [-0.4, -0.2) is 47.7 Å². The summed E-state index contributed by atoms with van der Waals surface area (Å²) in [6.45, 7) is 2.11. The number of carboxylic acids is 1. The van der Waals surface area contributed by atoms with Crippen molar-refractivity contribution in [3.8, 4) is 0 Å². The summed E-state index contributed by atoms with van der Waals surface area (Å²) in [5.41, 5.74) is 0.801. The second-order valence-electron chi connectivity index (χ2n) is 4.39. The molecule has 1 saturated heterocycles. The first kappa shape index (κ1) is 13.5. The van der Waals surface area contributed by atoms with Crippen molar-refractivity contribution in [2.45, 2.75) is 13.0 Å². The van der Waals surface area contributed by atoms with Crippen LogP contribution in [-0.2, 0) is 9.53 Å². The van der Waals surface area contributed by atoms with Crippen molar-refractivity contribution in [1.82, 2.24) is 4.90 Å². The van der Waals surface area contributed by atoms with E-state index in [2.05, 4.69) is 0 Å². The maximum atomic E-state index is 13.2. The average Bonchev–Trinajstić information content (AvgIpc) is 2.40. The van der Waals surface area contributed by atoms with Crippen molar-refractivity contribution >= 4 is 11.9 Å². The molecule has 0 spiro atoms. The smallest absolute Gasteiger partial charge is 0.328 e. The molecule has 1 aromatic rings. The normalized spacial score (nSPS) is 19.3. The molecule has 1 aliphatic rings. The Hall–Kier alpha value is -1.95. The molecule has 0 radical (unpaired) electrons. The van der Waals surface area contributed by atoms with Gasteiger partial charge < -0.3 is 14.7 Å². The van der Waals surface area contributed by atoms with Gasteiger partial charge in [0.05, 0.1) is 13.2 Å². The SMILES string of the molecule is Cc1ccc(F)cc1C(=O)N1CCOCC1C(=O)O. The number of carbonyl (C=O) groups is 2.